The second-order valence-electron chi connectivity index (χ2n) is 5.42. The summed E-state index contributed by atoms with van der Waals surface area (Å²) in [6, 6.07) is 8.66. The molecule has 16 heavy (non-hydrogen) atoms. The van der Waals surface area contributed by atoms with Crippen LogP contribution < -0.4 is 5.32 Å². The van der Waals surface area contributed by atoms with Crippen LogP contribution in [-0.2, 0) is 12.8 Å². The molecule has 2 N–H and O–H groups in total. The Kier molecular flexibility index (Phi) is 3.31. The number of aliphatic hydroxyl groups is 1. The second-order valence-corrected chi connectivity index (χ2v) is 5.42. The molecular formula is C14H21NO. The second kappa shape index (κ2) is 4.56. The van der Waals surface area contributed by atoms with Gasteiger partial charge in [-0.05, 0) is 23.5 Å². The first-order chi connectivity index (χ1) is 7.57. The lowest BCUT2D eigenvalue weighted by atomic mass is 9.88. The lowest BCUT2D eigenvalue weighted by Gasteiger charge is -2.37. The maximum Gasteiger partial charge on any atom is 0.0935 e. The van der Waals surface area contributed by atoms with E-state index in [1.807, 2.05) is 0 Å². The van der Waals surface area contributed by atoms with Gasteiger partial charge in [0, 0.05) is 19.5 Å². The van der Waals surface area contributed by atoms with Crippen LogP contribution in [0.15, 0.2) is 24.3 Å². The van der Waals surface area contributed by atoms with Crippen molar-refractivity contribution in [1.29, 1.82) is 0 Å². The van der Waals surface area contributed by atoms with E-state index in [0.29, 0.717) is 5.92 Å². The van der Waals surface area contributed by atoms with Crippen LogP contribution in [0.2, 0.25) is 0 Å². The summed E-state index contributed by atoms with van der Waals surface area (Å²) in [5.41, 5.74) is 2.12. The van der Waals surface area contributed by atoms with E-state index in [0.717, 1.165) is 25.9 Å². The summed E-state index contributed by atoms with van der Waals surface area (Å²) in [5.74, 6) is 0.700. The highest BCUT2D eigenvalue weighted by Crippen LogP contribution is 2.18. The van der Waals surface area contributed by atoms with Crippen molar-refractivity contribution < 1.29 is 5.11 Å². The Balaban J connectivity index is 1.96. The lowest BCUT2D eigenvalue weighted by molar-refractivity contribution is -0.00902. The van der Waals surface area contributed by atoms with Crippen molar-refractivity contribution in [2.75, 3.05) is 13.1 Å². The molecule has 2 nitrogen and oxygen atoms in total. The molecule has 0 aliphatic carbocycles. The van der Waals surface area contributed by atoms with E-state index in [2.05, 4.69) is 43.4 Å². The molecule has 1 aromatic carbocycles. The summed E-state index contributed by atoms with van der Waals surface area (Å²) in [6.07, 6.45) is 1.90. The van der Waals surface area contributed by atoms with Crippen molar-refractivity contribution in [3.05, 3.63) is 35.4 Å². The SMILES string of the molecule is CC(C)Cc1ccc(CC2(O)CNC2)cc1. The molecule has 0 atom stereocenters. The molecule has 0 bridgehead atoms. The van der Waals surface area contributed by atoms with Gasteiger partial charge in [-0.2, -0.15) is 0 Å². The molecule has 0 saturated carbocycles. The number of β-amino-alcohol motifs (C(OH)–C–C–N with tert-alkyl or cyclic N) is 1. The van der Waals surface area contributed by atoms with E-state index in [1.54, 1.807) is 0 Å². The molecule has 0 unspecified atom stereocenters. The number of hydrogen-bond acceptors (Lipinski definition) is 2. The molecule has 2 heteroatoms. The van der Waals surface area contributed by atoms with Gasteiger partial charge in [0.15, 0.2) is 0 Å². The highest BCUT2D eigenvalue weighted by molar-refractivity contribution is 5.25. The van der Waals surface area contributed by atoms with Gasteiger partial charge < -0.3 is 10.4 Å². The molecule has 2 rings (SSSR count). The molecular weight excluding hydrogens is 198 g/mol. The Morgan fingerprint density at radius 3 is 2.19 bits per heavy atom. The van der Waals surface area contributed by atoms with Crippen molar-refractivity contribution in [2.24, 2.45) is 5.92 Å². The van der Waals surface area contributed by atoms with Crippen LogP contribution in [0.1, 0.15) is 25.0 Å². The van der Waals surface area contributed by atoms with Crippen molar-refractivity contribution in [1.82, 2.24) is 5.32 Å². The summed E-state index contributed by atoms with van der Waals surface area (Å²) in [5, 5.41) is 13.1. The number of rotatable bonds is 4. The van der Waals surface area contributed by atoms with Gasteiger partial charge in [0.1, 0.15) is 0 Å². The quantitative estimate of drug-likeness (QED) is 0.809. The van der Waals surface area contributed by atoms with E-state index < -0.39 is 5.60 Å². The minimum Gasteiger partial charge on any atom is -0.387 e. The zero-order valence-corrected chi connectivity index (χ0v) is 10.2. The maximum absolute atomic E-state index is 10.0. The molecule has 0 amide bonds. The number of nitrogens with one attached hydrogen (secondary N) is 1. The summed E-state index contributed by atoms with van der Waals surface area (Å²) >= 11 is 0. The molecule has 1 fully saturated rings. The highest BCUT2D eigenvalue weighted by Gasteiger charge is 2.33. The minimum atomic E-state index is -0.500. The first kappa shape index (κ1) is 11.6. The lowest BCUT2D eigenvalue weighted by Crippen LogP contribution is -2.60. The molecule has 1 aromatic rings. The van der Waals surface area contributed by atoms with E-state index in [4.69, 9.17) is 0 Å². The fourth-order valence-electron chi connectivity index (χ4n) is 2.18. The Morgan fingerprint density at radius 1 is 1.19 bits per heavy atom. The van der Waals surface area contributed by atoms with Crippen LogP contribution in [0.5, 0.6) is 0 Å². The van der Waals surface area contributed by atoms with Crippen molar-refractivity contribution in [2.45, 2.75) is 32.3 Å². The van der Waals surface area contributed by atoms with Crippen molar-refractivity contribution in [3.8, 4) is 0 Å². The van der Waals surface area contributed by atoms with E-state index in [1.165, 1.54) is 11.1 Å². The monoisotopic (exact) mass is 219 g/mol. The first-order valence-electron chi connectivity index (χ1n) is 6.08. The van der Waals surface area contributed by atoms with Crippen LogP contribution in [0.25, 0.3) is 0 Å². The van der Waals surface area contributed by atoms with Gasteiger partial charge in [-0.15, -0.1) is 0 Å². The third-order valence-electron chi connectivity index (χ3n) is 3.11. The molecule has 1 saturated heterocycles. The van der Waals surface area contributed by atoms with Gasteiger partial charge >= 0.3 is 0 Å². The van der Waals surface area contributed by atoms with E-state index in [9.17, 15) is 5.11 Å². The average molecular weight is 219 g/mol. The van der Waals surface area contributed by atoms with Crippen LogP contribution in [0, 0.1) is 5.92 Å². The number of hydrogen-bond donors (Lipinski definition) is 2. The standard InChI is InChI=1S/C14H21NO/c1-11(2)7-12-3-5-13(6-4-12)8-14(16)9-15-10-14/h3-6,11,15-16H,7-10H2,1-2H3. The first-order valence-corrected chi connectivity index (χ1v) is 6.08. The van der Waals surface area contributed by atoms with Crippen molar-refractivity contribution >= 4 is 0 Å². The molecule has 88 valence electrons. The molecule has 1 aliphatic rings. The number of benzene rings is 1. The third kappa shape index (κ3) is 2.83. The van der Waals surface area contributed by atoms with Gasteiger partial charge in [0.25, 0.3) is 0 Å². The topological polar surface area (TPSA) is 32.3 Å². The van der Waals surface area contributed by atoms with Crippen LogP contribution in [0.4, 0.5) is 0 Å². The van der Waals surface area contributed by atoms with Gasteiger partial charge in [-0.1, -0.05) is 38.1 Å². The molecule has 1 heterocycles. The van der Waals surface area contributed by atoms with Gasteiger partial charge in [-0.25, -0.2) is 0 Å². The highest BCUT2D eigenvalue weighted by atomic mass is 16.3. The minimum absolute atomic E-state index is 0.500. The smallest absolute Gasteiger partial charge is 0.0935 e. The Labute approximate surface area is 97.7 Å². The normalized spacial score (nSPS) is 18.5. The van der Waals surface area contributed by atoms with Crippen molar-refractivity contribution in [3.63, 3.8) is 0 Å². The predicted molar refractivity (Wildman–Crippen MR) is 66.5 cm³/mol. The molecule has 0 radical (unpaired) electrons. The molecule has 1 aliphatic heterocycles. The summed E-state index contributed by atoms with van der Waals surface area (Å²) < 4.78 is 0. The van der Waals surface area contributed by atoms with Gasteiger partial charge in [-0.3, -0.25) is 0 Å². The van der Waals surface area contributed by atoms with E-state index >= 15 is 0 Å². The average Bonchev–Trinajstić information content (AvgIpc) is 2.18. The zero-order valence-electron chi connectivity index (χ0n) is 10.2. The molecule has 0 spiro atoms. The summed E-state index contributed by atoms with van der Waals surface area (Å²) in [4.78, 5) is 0. The van der Waals surface area contributed by atoms with Crippen LogP contribution in [0.3, 0.4) is 0 Å². The zero-order chi connectivity index (χ0) is 11.6. The van der Waals surface area contributed by atoms with Gasteiger partial charge in [0.05, 0.1) is 5.60 Å². The Hall–Kier alpha value is -0.860. The van der Waals surface area contributed by atoms with E-state index in [-0.39, 0.29) is 0 Å². The third-order valence-corrected chi connectivity index (χ3v) is 3.11. The van der Waals surface area contributed by atoms with Crippen LogP contribution in [-0.4, -0.2) is 23.8 Å². The Bertz CT molecular complexity index is 338. The van der Waals surface area contributed by atoms with Gasteiger partial charge in [0.2, 0.25) is 0 Å². The fraction of sp³-hybridized carbons (Fsp3) is 0.571. The largest absolute Gasteiger partial charge is 0.387 e. The predicted octanol–water partition coefficient (Wildman–Crippen LogP) is 1.76. The molecule has 0 aromatic heterocycles. The fourth-order valence-corrected chi connectivity index (χ4v) is 2.18. The summed E-state index contributed by atoms with van der Waals surface area (Å²) in [6.45, 7) is 5.91. The Morgan fingerprint density at radius 2 is 1.75 bits per heavy atom. The van der Waals surface area contributed by atoms with Crippen LogP contribution >= 0.6 is 0 Å². The maximum atomic E-state index is 10.0. The summed E-state index contributed by atoms with van der Waals surface area (Å²) in [7, 11) is 0.